The van der Waals surface area contributed by atoms with Crippen LogP contribution >= 0.6 is 0 Å². The third kappa shape index (κ3) is 5.45. The number of nitrogens with zero attached hydrogens (tertiary/aromatic N) is 4. The number of benzene rings is 4. The summed E-state index contributed by atoms with van der Waals surface area (Å²) >= 11 is 0. The molecule has 2 amide bonds. The second-order valence-corrected chi connectivity index (χ2v) is 17.8. The van der Waals surface area contributed by atoms with Crippen molar-refractivity contribution in [2.24, 2.45) is 5.92 Å². The van der Waals surface area contributed by atoms with Gasteiger partial charge in [0.1, 0.15) is 5.75 Å². The summed E-state index contributed by atoms with van der Waals surface area (Å²) in [7, 11) is -3.41. The van der Waals surface area contributed by atoms with Gasteiger partial charge in [0.05, 0.1) is 35.6 Å². The van der Waals surface area contributed by atoms with Gasteiger partial charge < -0.3 is 24.0 Å². The van der Waals surface area contributed by atoms with Crippen molar-refractivity contribution in [1.82, 2.24) is 15.0 Å². The second-order valence-electron chi connectivity index (χ2n) is 14.0. The van der Waals surface area contributed by atoms with Crippen molar-refractivity contribution in [2.45, 2.75) is 56.1 Å². The van der Waals surface area contributed by atoms with Gasteiger partial charge >= 0.3 is 0 Å². The smallest absolute Gasteiger partial charge is 0.266 e. The largest absolute Gasteiger partial charge is 0.454 e. The molecule has 2 N–H and O–H groups in total. The van der Waals surface area contributed by atoms with E-state index >= 15 is 4.11 Å². The number of nitrogens with one attached hydrogen (secondary N) is 1. The standard InChI is InChI=1S/C39H38FN5O5Si/c1-24-36(51(2,3)40)35(19-20-44-22-31(42-43-44)28(23-46)25-11-5-4-6-12-25)50-39(24)29-21-26(17-18-30(29)41-38(39)48)45-32-14-8-10-16-34(32)49-33-15-9-7-13-27(33)37(45)47/h4-18,21-22,24,28,35-36,46H,19-20,23H2,1-3H3,(H,41,48)/t24-,28?,35+,36-,39+/m0/s1. The zero-order valence-corrected chi connectivity index (χ0v) is 29.5. The van der Waals surface area contributed by atoms with Crippen molar-refractivity contribution >= 4 is 37.3 Å². The summed E-state index contributed by atoms with van der Waals surface area (Å²) in [6, 6.07) is 29.4. The quantitative estimate of drug-likeness (QED) is 0.129. The number of amides is 2. The normalized spacial score (nSPS) is 22.9. The molecule has 0 bridgehead atoms. The number of aliphatic hydroxyl groups is 1. The Bertz CT molecular complexity index is 2140. The highest BCUT2D eigenvalue weighted by atomic mass is 28.4. The minimum absolute atomic E-state index is 0.122. The number of rotatable bonds is 8. The lowest BCUT2D eigenvalue weighted by Gasteiger charge is -2.31. The van der Waals surface area contributed by atoms with Crippen molar-refractivity contribution in [2.75, 3.05) is 16.8 Å². The van der Waals surface area contributed by atoms with Crippen LogP contribution in [0.15, 0.2) is 103 Å². The number of hydrogen-bond donors (Lipinski definition) is 2. The fourth-order valence-electron chi connectivity index (χ4n) is 8.23. The Morgan fingerprint density at radius 1 is 0.980 bits per heavy atom. The van der Waals surface area contributed by atoms with E-state index in [0.29, 0.717) is 58.3 Å². The summed E-state index contributed by atoms with van der Waals surface area (Å²) in [5.74, 6) is -0.496. The molecule has 3 aliphatic heterocycles. The van der Waals surface area contributed by atoms with Crippen molar-refractivity contribution in [3.05, 3.63) is 126 Å². The van der Waals surface area contributed by atoms with E-state index in [-0.39, 0.29) is 24.3 Å². The monoisotopic (exact) mass is 703 g/mol. The molecule has 0 aliphatic carbocycles. The zero-order valence-electron chi connectivity index (χ0n) is 28.5. The molecule has 3 aliphatic rings. The number of carbonyl (C=O) groups excluding carboxylic acids is 2. The molecular weight excluding hydrogens is 666 g/mol. The lowest BCUT2D eigenvalue weighted by atomic mass is 9.82. The molecule has 12 heteroatoms. The van der Waals surface area contributed by atoms with Crippen molar-refractivity contribution in [3.8, 4) is 11.5 Å². The van der Waals surface area contributed by atoms with Gasteiger partial charge in [0, 0.05) is 41.1 Å². The highest BCUT2D eigenvalue weighted by Crippen LogP contribution is 2.59. The van der Waals surface area contributed by atoms with Crippen LogP contribution in [0.4, 0.5) is 21.2 Å². The maximum Gasteiger partial charge on any atom is 0.266 e. The first-order chi connectivity index (χ1) is 24.6. The number of hydrogen-bond acceptors (Lipinski definition) is 7. The number of halogens is 1. The van der Waals surface area contributed by atoms with Crippen LogP contribution in [0.1, 0.15) is 46.4 Å². The Morgan fingerprint density at radius 3 is 2.47 bits per heavy atom. The number of aromatic nitrogens is 3. The molecule has 10 nitrogen and oxygen atoms in total. The number of ether oxygens (including phenoxy) is 2. The van der Waals surface area contributed by atoms with Gasteiger partial charge in [-0.3, -0.25) is 19.2 Å². The maximum absolute atomic E-state index is 16.4. The molecule has 0 radical (unpaired) electrons. The summed E-state index contributed by atoms with van der Waals surface area (Å²) in [6.45, 7) is 5.48. The number of carbonyl (C=O) groups is 2. The zero-order chi connectivity index (χ0) is 35.5. The van der Waals surface area contributed by atoms with Crippen LogP contribution in [-0.2, 0) is 21.7 Å². The Morgan fingerprint density at radius 2 is 1.71 bits per heavy atom. The molecule has 1 fully saturated rings. The molecule has 1 unspecified atom stereocenters. The molecule has 51 heavy (non-hydrogen) atoms. The first-order valence-electron chi connectivity index (χ1n) is 17.2. The van der Waals surface area contributed by atoms with Gasteiger partial charge in [-0.1, -0.05) is 66.7 Å². The maximum atomic E-state index is 16.4. The van der Waals surface area contributed by atoms with Gasteiger partial charge in [0.2, 0.25) is 8.41 Å². The van der Waals surface area contributed by atoms with Crippen LogP contribution < -0.4 is 15.0 Å². The Labute approximate surface area is 296 Å². The number of anilines is 3. The van der Waals surface area contributed by atoms with Crippen molar-refractivity contribution < 1.29 is 28.3 Å². The van der Waals surface area contributed by atoms with Gasteiger partial charge in [-0.2, -0.15) is 0 Å². The van der Waals surface area contributed by atoms with Crippen LogP contribution in [0.25, 0.3) is 0 Å². The van der Waals surface area contributed by atoms with Gasteiger partial charge in [-0.05, 0) is 67.5 Å². The second kappa shape index (κ2) is 12.6. The lowest BCUT2D eigenvalue weighted by Crippen LogP contribution is -2.42. The summed E-state index contributed by atoms with van der Waals surface area (Å²) in [5.41, 5.74) is 2.20. The highest BCUT2D eigenvalue weighted by Gasteiger charge is 2.65. The summed E-state index contributed by atoms with van der Waals surface area (Å²) < 4.78 is 31.1. The van der Waals surface area contributed by atoms with Crippen LogP contribution in [0, 0.1) is 5.92 Å². The average molecular weight is 704 g/mol. The van der Waals surface area contributed by atoms with Crippen molar-refractivity contribution in [3.63, 3.8) is 0 Å². The van der Waals surface area contributed by atoms with E-state index in [4.69, 9.17) is 9.47 Å². The molecular formula is C39H38FN5O5Si. The van der Waals surface area contributed by atoms with E-state index in [1.165, 1.54) is 0 Å². The molecule has 1 spiro atoms. The van der Waals surface area contributed by atoms with Crippen molar-refractivity contribution in [1.29, 1.82) is 0 Å². The predicted octanol–water partition coefficient (Wildman–Crippen LogP) is 7.30. The van der Waals surface area contributed by atoms with E-state index in [2.05, 4.69) is 15.6 Å². The summed E-state index contributed by atoms with van der Waals surface area (Å²) in [5, 5.41) is 21.8. The first kappa shape index (κ1) is 33.0. The van der Waals surface area contributed by atoms with E-state index in [0.717, 1.165) is 5.56 Å². The van der Waals surface area contributed by atoms with Crippen LogP contribution in [-0.4, -0.2) is 53.0 Å². The van der Waals surface area contributed by atoms with Crippen LogP contribution in [0.2, 0.25) is 18.6 Å². The minimum Gasteiger partial charge on any atom is -0.454 e. The molecule has 1 aromatic heterocycles. The molecule has 0 saturated carbocycles. The number of fused-ring (bicyclic) bond motifs is 4. The Balaban J connectivity index is 1.13. The summed E-state index contributed by atoms with van der Waals surface area (Å²) in [6.07, 6.45) is 1.60. The predicted molar refractivity (Wildman–Crippen MR) is 193 cm³/mol. The summed E-state index contributed by atoms with van der Waals surface area (Å²) in [4.78, 5) is 29.9. The Hall–Kier alpha value is -5.17. The van der Waals surface area contributed by atoms with Gasteiger partial charge in [0.15, 0.2) is 11.4 Å². The topological polar surface area (TPSA) is 119 Å². The van der Waals surface area contributed by atoms with E-state index in [1.807, 2.05) is 73.7 Å². The Kier molecular flexibility index (Phi) is 8.12. The highest BCUT2D eigenvalue weighted by molar-refractivity contribution is 6.72. The average Bonchev–Trinajstić information content (AvgIpc) is 3.77. The minimum atomic E-state index is -3.41. The molecule has 260 valence electrons. The number of aryl methyl sites for hydroxylation is 1. The van der Waals surface area contributed by atoms with E-state index < -0.39 is 31.6 Å². The van der Waals surface area contributed by atoms with Crippen LogP contribution in [0.3, 0.4) is 0 Å². The molecule has 4 aromatic carbocycles. The third-order valence-corrected chi connectivity index (χ3v) is 13.0. The first-order valence-corrected chi connectivity index (χ1v) is 20.1. The fraction of sp³-hybridized carbons (Fsp3) is 0.282. The van der Waals surface area contributed by atoms with Gasteiger partial charge in [-0.15, -0.1) is 5.10 Å². The fourth-order valence-corrected chi connectivity index (χ4v) is 10.8. The van der Waals surface area contributed by atoms with Crippen LogP contribution in [0.5, 0.6) is 11.5 Å². The molecule has 5 aromatic rings. The molecule has 1 saturated heterocycles. The number of para-hydroxylation sites is 3. The van der Waals surface area contributed by atoms with E-state index in [9.17, 15) is 14.7 Å². The SMILES string of the molecule is C[C@H]1[C@H]([Si](C)(C)F)[C@@H](CCn2cc(C(CO)c3ccccc3)nn2)O[C@]12C(=O)Nc1ccc(N3C(=O)c4ccccc4Oc4ccccc43)cc12. The molecule has 8 rings (SSSR count). The lowest BCUT2D eigenvalue weighted by molar-refractivity contribution is -0.143. The molecule has 5 atom stereocenters. The molecule has 4 heterocycles. The van der Waals surface area contributed by atoms with Gasteiger partial charge in [0.25, 0.3) is 11.8 Å². The van der Waals surface area contributed by atoms with E-state index in [1.54, 1.807) is 59.2 Å². The van der Waals surface area contributed by atoms with Gasteiger partial charge in [-0.25, -0.2) is 0 Å². The third-order valence-electron chi connectivity index (χ3n) is 10.5. The number of aliphatic hydroxyl groups excluding tert-OH is 1.